The third-order valence-electron chi connectivity index (χ3n) is 1.58. The molecular formula is C9H6N4O2S. The van der Waals surface area contributed by atoms with Crippen molar-refractivity contribution >= 4 is 17.7 Å². The van der Waals surface area contributed by atoms with Crippen LogP contribution in [-0.2, 0) is 0 Å². The van der Waals surface area contributed by atoms with Gasteiger partial charge in [0.1, 0.15) is 0 Å². The van der Waals surface area contributed by atoms with Crippen molar-refractivity contribution in [3.8, 4) is 0 Å². The van der Waals surface area contributed by atoms with E-state index in [2.05, 4.69) is 19.9 Å². The summed E-state index contributed by atoms with van der Waals surface area (Å²) in [4.78, 5) is 26.4. The average Bonchev–Trinajstić information content (AvgIpc) is 2.30. The van der Waals surface area contributed by atoms with Crippen molar-refractivity contribution in [2.45, 2.75) is 10.3 Å². The molecule has 0 radical (unpaired) electrons. The highest BCUT2D eigenvalue weighted by Crippen LogP contribution is 2.19. The molecule has 2 aromatic heterocycles. The first kappa shape index (κ1) is 10.5. The van der Waals surface area contributed by atoms with Gasteiger partial charge in [-0.25, -0.2) is 24.7 Å². The first-order valence-corrected chi connectivity index (χ1v) is 5.08. The standard InChI is InChI=1S/C9H6N4O2S/c14-7(15)6-2-5-12-9(13-6)16-8-10-3-1-4-11-8/h1-5H,(H,14,15). The van der Waals surface area contributed by atoms with Gasteiger partial charge in [-0.2, -0.15) is 0 Å². The van der Waals surface area contributed by atoms with Crippen LogP contribution in [0.4, 0.5) is 0 Å². The Morgan fingerprint density at radius 3 is 2.50 bits per heavy atom. The molecule has 0 aromatic carbocycles. The number of rotatable bonds is 3. The number of hydrogen-bond donors (Lipinski definition) is 1. The monoisotopic (exact) mass is 234 g/mol. The molecule has 80 valence electrons. The second-order valence-corrected chi connectivity index (χ2v) is 3.60. The first-order chi connectivity index (χ1) is 7.75. The lowest BCUT2D eigenvalue weighted by molar-refractivity contribution is 0.0689. The number of hydrogen-bond acceptors (Lipinski definition) is 6. The molecule has 0 aliphatic carbocycles. The normalized spacial score (nSPS) is 10.0. The number of nitrogens with zero attached hydrogens (tertiary/aromatic N) is 4. The highest BCUT2D eigenvalue weighted by atomic mass is 32.2. The molecule has 0 aliphatic heterocycles. The van der Waals surface area contributed by atoms with Crippen LogP contribution in [0.5, 0.6) is 0 Å². The van der Waals surface area contributed by atoms with Gasteiger partial charge in [-0.05, 0) is 23.9 Å². The number of aromatic carboxylic acids is 1. The summed E-state index contributed by atoms with van der Waals surface area (Å²) >= 11 is 1.11. The zero-order chi connectivity index (χ0) is 11.4. The van der Waals surface area contributed by atoms with Crippen LogP contribution in [0.25, 0.3) is 0 Å². The van der Waals surface area contributed by atoms with Crippen LogP contribution in [0, 0.1) is 0 Å². The van der Waals surface area contributed by atoms with E-state index in [1.54, 1.807) is 18.5 Å². The molecule has 2 heterocycles. The molecule has 2 rings (SSSR count). The van der Waals surface area contributed by atoms with E-state index in [9.17, 15) is 4.79 Å². The largest absolute Gasteiger partial charge is 0.477 e. The van der Waals surface area contributed by atoms with E-state index in [0.717, 1.165) is 11.8 Å². The van der Waals surface area contributed by atoms with Gasteiger partial charge in [0.15, 0.2) is 16.0 Å². The topological polar surface area (TPSA) is 88.9 Å². The minimum atomic E-state index is -1.08. The minimum absolute atomic E-state index is 0.0477. The second kappa shape index (κ2) is 4.67. The van der Waals surface area contributed by atoms with E-state index in [0.29, 0.717) is 10.3 Å². The third-order valence-corrected chi connectivity index (χ3v) is 2.35. The lowest BCUT2D eigenvalue weighted by atomic mass is 10.4. The molecule has 0 saturated heterocycles. The van der Waals surface area contributed by atoms with Gasteiger partial charge < -0.3 is 5.11 Å². The molecule has 0 unspecified atom stereocenters. The average molecular weight is 234 g/mol. The first-order valence-electron chi connectivity index (χ1n) is 4.27. The fourth-order valence-electron chi connectivity index (χ4n) is 0.929. The van der Waals surface area contributed by atoms with Crippen molar-refractivity contribution in [2.75, 3.05) is 0 Å². The predicted octanol–water partition coefficient (Wildman–Crippen LogP) is 1.12. The fraction of sp³-hybridized carbons (Fsp3) is 0. The molecule has 0 aliphatic rings. The maximum atomic E-state index is 10.7. The smallest absolute Gasteiger partial charge is 0.354 e. The Kier molecular flexibility index (Phi) is 3.06. The molecule has 0 spiro atoms. The Morgan fingerprint density at radius 1 is 1.12 bits per heavy atom. The number of carboxylic acid groups (broad SMARTS) is 1. The molecule has 0 bridgehead atoms. The molecule has 0 atom stereocenters. The molecule has 16 heavy (non-hydrogen) atoms. The number of carboxylic acids is 1. The summed E-state index contributed by atoms with van der Waals surface area (Å²) in [6.45, 7) is 0. The summed E-state index contributed by atoms with van der Waals surface area (Å²) in [7, 11) is 0. The Bertz CT molecular complexity index is 506. The minimum Gasteiger partial charge on any atom is -0.477 e. The van der Waals surface area contributed by atoms with Gasteiger partial charge in [-0.15, -0.1) is 0 Å². The molecule has 2 aromatic rings. The second-order valence-electron chi connectivity index (χ2n) is 2.66. The van der Waals surface area contributed by atoms with Crippen molar-refractivity contribution in [3.05, 3.63) is 36.4 Å². The van der Waals surface area contributed by atoms with Gasteiger partial charge >= 0.3 is 5.97 Å². The quantitative estimate of drug-likeness (QED) is 0.796. The molecule has 6 nitrogen and oxygen atoms in total. The van der Waals surface area contributed by atoms with Crippen LogP contribution in [0.3, 0.4) is 0 Å². The van der Waals surface area contributed by atoms with Crippen molar-refractivity contribution in [1.82, 2.24) is 19.9 Å². The van der Waals surface area contributed by atoms with E-state index in [4.69, 9.17) is 5.11 Å². The van der Waals surface area contributed by atoms with Crippen LogP contribution in [-0.4, -0.2) is 31.0 Å². The highest BCUT2D eigenvalue weighted by molar-refractivity contribution is 7.99. The van der Waals surface area contributed by atoms with Gasteiger partial charge in [0, 0.05) is 18.6 Å². The molecule has 0 fully saturated rings. The molecule has 0 saturated carbocycles. The van der Waals surface area contributed by atoms with Crippen LogP contribution >= 0.6 is 11.8 Å². The molecule has 0 amide bonds. The van der Waals surface area contributed by atoms with Crippen molar-refractivity contribution in [1.29, 1.82) is 0 Å². The summed E-state index contributed by atoms with van der Waals surface area (Å²) < 4.78 is 0. The van der Waals surface area contributed by atoms with Gasteiger partial charge in [0.2, 0.25) is 0 Å². The summed E-state index contributed by atoms with van der Waals surface area (Å²) in [5.41, 5.74) is -0.0477. The van der Waals surface area contributed by atoms with Crippen LogP contribution in [0.15, 0.2) is 41.0 Å². The van der Waals surface area contributed by atoms with Gasteiger partial charge in [0.05, 0.1) is 0 Å². The van der Waals surface area contributed by atoms with Gasteiger partial charge in [-0.3, -0.25) is 0 Å². The van der Waals surface area contributed by atoms with E-state index in [1.807, 2.05) is 0 Å². The summed E-state index contributed by atoms with van der Waals surface area (Å²) in [6, 6.07) is 3.02. The summed E-state index contributed by atoms with van der Waals surface area (Å²) in [6.07, 6.45) is 4.58. The summed E-state index contributed by atoms with van der Waals surface area (Å²) in [5.74, 6) is -1.08. The van der Waals surface area contributed by atoms with Crippen LogP contribution < -0.4 is 0 Å². The van der Waals surface area contributed by atoms with Crippen molar-refractivity contribution in [2.24, 2.45) is 0 Å². The third kappa shape index (κ3) is 2.51. The van der Waals surface area contributed by atoms with Crippen LogP contribution in [0.2, 0.25) is 0 Å². The Balaban J connectivity index is 2.22. The van der Waals surface area contributed by atoms with Crippen LogP contribution in [0.1, 0.15) is 10.5 Å². The van der Waals surface area contributed by atoms with E-state index in [-0.39, 0.29) is 5.69 Å². The lowest BCUT2D eigenvalue weighted by Gasteiger charge is -1.98. The highest BCUT2D eigenvalue weighted by Gasteiger charge is 2.08. The Hall–Kier alpha value is -2.02. The maximum absolute atomic E-state index is 10.7. The van der Waals surface area contributed by atoms with Crippen molar-refractivity contribution < 1.29 is 9.90 Å². The zero-order valence-corrected chi connectivity index (χ0v) is 8.76. The fourth-order valence-corrected chi connectivity index (χ4v) is 1.58. The van der Waals surface area contributed by atoms with Gasteiger partial charge in [0.25, 0.3) is 0 Å². The molecular weight excluding hydrogens is 228 g/mol. The number of aromatic nitrogens is 4. The summed E-state index contributed by atoms with van der Waals surface area (Å²) in [5, 5.41) is 9.53. The van der Waals surface area contributed by atoms with E-state index < -0.39 is 5.97 Å². The lowest BCUT2D eigenvalue weighted by Crippen LogP contribution is -2.01. The Morgan fingerprint density at radius 2 is 1.81 bits per heavy atom. The maximum Gasteiger partial charge on any atom is 0.354 e. The van der Waals surface area contributed by atoms with Crippen molar-refractivity contribution in [3.63, 3.8) is 0 Å². The van der Waals surface area contributed by atoms with Gasteiger partial charge in [-0.1, -0.05) is 0 Å². The number of carbonyl (C=O) groups is 1. The SMILES string of the molecule is O=C(O)c1ccnc(Sc2ncccn2)n1. The Labute approximate surface area is 94.8 Å². The van der Waals surface area contributed by atoms with E-state index in [1.165, 1.54) is 12.3 Å². The zero-order valence-electron chi connectivity index (χ0n) is 7.94. The molecule has 7 heteroatoms. The predicted molar refractivity (Wildman–Crippen MR) is 55.1 cm³/mol. The molecule has 1 N–H and O–H groups in total. The van der Waals surface area contributed by atoms with E-state index >= 15 is 0 Å².